The van der Waals surface area contributed by atoms with Gasteiger partial charge < -0.3 is 5.32 Å². The van der Waals surface area contributed by atoms with Crippen LogP contribution in [-0.4, -0.2) is 71.6 Å². The summed E-state index contributed by atoms with van der Waals surface area (Å²) < 4.78 is 52.5. The summed E-state index contributed by atoms with van der Waals surface area (Å²) in [5.74, 6) is 0.509. The zero-order chi connectivity index (χ0) is 24.1. The molecular weight excluding hydrogens is 478 g/mol. The number of hydrogen-bond acceptors (Lipinski definition) is 8. The second-order valence-electron chi connectivity index (χ2n) is 9.88. The lowest BCUT2D eigenvalue weighted by Crippen LogP contribution is -2.46. The maximum Gasteiger partial charge on any atom is 0.252 e. The van der Waals surface area contributed by atoms with Crippen molar-refractivity contribution in [3.05, 3.63) is 28.7 Å². The van der Waals surface area contributed by atoms with Crippen LogP contribution in [0.25, 0.3) is 11.0 Å². The van der Waals surface area contributed by atoms with Crippen LogP contribution < -0.4 is 10.9 Å². The van der Waals surface area contributed by atoms with Crippen molar-refractivity contribution in [3.8, 4) is 0 Å². The third-order valence-corrected chi connectivity index (χ3v) is 11.9. The number of sulfonamides is 1. The standard InChI is InChI=1S/C22H31N5O5S2/c1-15-3-2-4-19(15)27-20(28)6-5-16-13-23-22(25-21(16)27)24-17-7-10-26(11-8-17)34(31,32)18-9-12-33(29,30)14-18/h5-6,13,15,17-19H,2-4,7-12,14H2,1H3,(H,23,24,25)/t15-,18?,19+/m0/s1. The number of sulfone groups is 1. The summed E-state index contributed by atoms with van der Waals surface area (Å²) in [6, 6.07) is 3.46. The first kappa shape index (κ1) is 23.7. The quantitative estimate of drug-likeness (QED) is 0.642. The van der Waals surface area contributed by atoms with Crippen LogP contribution >= 0.6 is 0 Å². The summed E-state index contributed by atoms with van der Waals surface area (Å²) in [4.78, 5) is 21.9. The highest BCUT2D eigenvalue weighted by Gasteiger charge is 2.41. The van der Waals surface area contributed by atoms with Gasteiger partial charge in [-0.2, -0.15) is 4.98 Å². The third kappa shape index (κ3) is 4.47. The van der Waals surface area contributed by atoms with Gasteiger partial charge in [-0.05, 0) is 44.1 Å². The largest absolute Gasteiger partial charge is 0.351 e. The topological polar surface area (TPSA) is 131 Å². The number of aromatic nitrogens is 3. The molecule has 34 heavy (non-hydrogen) atoms. The highest BCUT2D eigenvalue weighted by atomic mass is 32.2. The van der Waals surface area contributed by atoms with Crippen LogP contribution in [0.1, 0.15) is 51.5 Å². The summed E-state index contributed by atoms with van der Waals surface area (Å²) >= 11 is 0. The van der Waals surface area contributed by atoms with Gasteiger partial charge in [0.05, 0.1) is 16.8 Å². The van der Waals surface area contributed by atoms with E-state index < -0.39 is 25.1 Å². The van der Waals surface area contributed by atoms with E-state index in [9.17, 15) is 21.6 Å². The van der Waals surface area contributed by atoms with E-state index in [1.54, 1.807) is 18.3 Å². The van der Waals surface area contributed by atoms with Gasteiger partial charge in [0.25, 0.3) is 5.56 Å². The van der Waals surface area contributed by atoms with Crippen molar-refractivity contribution in [1.29, 1.82) is 0 Å². The monoisotopic (exact) mass is 509 g/mol. The van der Waals surface area contributed by atoms with Crippen LogP contribution in [0.4, 0.5) is 5.95 Å². The molecule has 3 aliphatic rings. The van der Waals surface area contributed by atoms with Gasteiger partial charge >= 0.3 is 0 Å². The van der Waals surface area contributed by atoms with Gasteiger partial charge in [-0.15, -0.1) is 0 Å². The Kier molecular flexibility index (Phi) is 6.18. The fraction of sp³-hybridized carbons (Fsp3) is 0.682. The van der Waals surface area contributed by atoms with Crippen LogP contribution in [0.5, 0.6) is 0 Å². The molecule has 2 aromatic heterocycles. The number of nitrogens with zero attached hydrogens (tertiary/aromatic N) is 4. The minimum Gasteiger partial charge on any atom is -0.351 e. The van der Waals surface area contributed by atoms with Gasteiger partial charge in [-0.3, -0.25) is 9.36 Å². The predicted molar refractivity (Wildman–Crippen MR) is 130 cm³/mol. The van der Waals surface area contributed by atoms with Crippen molar-refractivity contribution >= 4 is 36.8 Å². The van der Waals surface area contributed by atoms with Crippen LogP contribution in [-0.2, 0) is 19.9 Å². The molecule has 1 unspecified atom stereocenters. The van der Waals surface area contributed by atoms with E-state index in [1.165, 1.54) is 4.31 Å². The maximum atomic E-state index is 12.9. The zero-order valence-corrected chi connectivity index (χ0v) is 20.9. The first-order chi connectivity index (χ1) is 16.1. The summed E-state index contributed by atoms with van der Waals surface area (Å²) in [5, 5.41) is 3.30. The van der Waals surface area contributed by atoms with E-state index in [4.69, 9.17) is 4.98 Å². The molecule has 0 radical (unpaired) electrons. The maximum absolute atomic E-state index is 12.9. The number of fused-ring (bicyclic) bond motifs is 1. The predicted octanol–water partition coefficient (Wildman–Crippen LogP) is 1.55. The number of piperidine rings is 1. The van der Waals surface area contributed by atoms with E-state index >= 15 is 0 Å². The Balaban J connectivity index is 1.30. The van der Waals surface area contributed by atoms with Crippen molar-refractivity contribution in [3.63, 3.8) is 0 Å². The highest BCUT2D eigenvalue weighted by Crippen LogP contribution is 2.35. The summed E-state index contributed by atoms with van der Waals surface area (Å²) in [6.45, 7) is 2.83. The van der Waals surface area contributed by atoms with Gasteiger partial charge in [0, 0.05) is 42.8 Å². The molecule has 0 spiro atoms. The van der Waals surface area contributed by atoms with Crippen LogP contribution in [0.3, 0.4) is 0 Å². The number of rotatable bonds is 5. The van der Waals surface area contributed by atoms with E-state index in [-0.39, 0.29) is 35.6 Å². The molecule has 1 aliphatic carbocycles. The first-order valence-electron chi connectivity index (χ1n) is 12.0. The van der Waals surface area contributed by atoms with E-state index in [1.807, 2.05) is 4.57 Å². The van der Waals surface area contributed by atoms with Crippen molar-refractivity contribution in [2.24, 2.45) is 5.92 Å². The first-order valence-corrected chi connectivity index (χ1v) is 15.3. The van der Waals surface area contributed by atoms with Gasteiger partial charge in [0.15, 0.2) is 9.84 Å². The number of hydrogen-bond donors (Lipinski definition) is 1. The Morgan fingerprint density at radius 2 is 1.85 bits per heavy atom. The molecule has 10 nitrogen and oxygen atoms in total. The number of pyridine rings is 1. The van der Waals surface area contributed by atoms with E-state index in [2.05, 4.69) is 17.2 Å². The number of anilines is 1. The Hall–Kier alpha value is -2.05. The number of nitrogens with one attached hydrogen (secondary N) is 1. The average Bonchev–Trinajstić information content (AvgIpc) is 3.39. The van der Waals surface area contributed by atoms with Crippen LogP contribution in [0.15, 0.2) is 23.1 Å². The molecular formula is C22H31N5O5S2. The molecule has 0 amide bonds. The molecule has 0 bridgehead atoms. The molecule has 0 aromatic carbocycles. The molecule has 1 saturated carbocycles. The third-order valence-electron chi connectivity index (χ3n) is 7.57. The van der Waals surface area contributed by atoms with E-state index in [0.717, 1.165) is 24.6 Å². The lowest BCUT2D eigenvalue weighted by Gasteiger charge is -2.33. The Morgan fingerprint density at radius 1 is 1.09 bits per heavy atom. The normalized spacial score (nSPS) is 28.4. The average molecular weight is 510 g/mol. The van der Waals surface area contributed by atoms with Gasteiger partial charge in [-0.25, -0.2) is 26.1 Å². The fourth-order valence-corrected chi connectivity index (χ4v) is 10.1. The molecule has 12 heteroatoms. The second-order valence-corrected chi connectivity index (χ2v) is 14.3. The molecule has 4 heterocycles. The van der Waals surface area contributed by atoms with Gasteiger partial charge in [0.2, 0.25) is 16.0 Å². The zero-order valence-electron chi connectivity index (χ0n) is 19.3. The Morgan fingerprint density at radius 3 is 2.50 bits per heavy atom. The van der Waals surface area contributed by atoms with Crippen molar-refractivity contribution in [2.45, 2.75) is 62.8 Å². The van der Waals surface area contributed by atoms with Crippen LogP contribution in [0, 0.1) is 5.92 Å². The molecule has 186 valence electrons. The van der Waals surface area contributed by atoms with Crippen LogP contribution in [0.2, 0.25) is 0 Å². The molecule has 2 aromatic rings. The van der Waals surface area contributed by atoms with E-state index in [0.29, 0.717) is 43.4 Å². The van der Waals surface area contributed by atoms with Gasteiger partial charge in [0.1, 0.15) is 5.65 Å². The fourth-order valence-electron chi connectivity index (χ4n) is 5.58. The SMILES string of the molecule is C[C@H]1CCC[C@H]1n1c(=O)ccc2cnc(NC3CCN(S(=O)(=O)C4CCS(=O)(=O)C4)CC3)nc21. The molecule has 3 atom stereocenters. The lowest BCUT2D eigenvalue weighted by molar-refractivity contribution is 0.326. The van der Waals surface area contributed by atoms with Crippen molar-refractivity contribution < 1.29 is 16.8 Å². The Bertz CT molecular complexity index is 1350. The highest BCUT2D eigenvalue weighted by molar-refractivity contribution is 7.95. The smallest absolute Gasteiger partial charge is 0.252 e. The Labute approximate surface area is 199 Å². The molecule has 5 rings (SSSR count). The summed E-state index contributed by atoms with van der Waals surface area (Å²) in [5.41, 5.74) is 0.578. The molecule has 2 aliphatic heterocycles. The second kappa shape index (κ2) is 8.87. The summed E-state index contributed by atoms with van der Waals surface area (Å²) in [7, 11) is -6.89. The lowest BCUT2D eigenvalue weighted by atomic mass is 10.1. The molecule has 3 fully saturated rings. The minimum absolute atomic E-state index is 0.00880. The van der Waals surface area contributed by atoms with Crippen molar-refractivity contribution in [2.75, 3.05) is 29.9 Å². The van der Waals surface area contributed by atoms with Gasteiger partial charge in [-0.1, -0.05) is 13.3 Å². The molecule has 1 N–H and O–H groups in total. The molecule has 2 saturated heterocycles. The minimum atomic E-state index is -3.63. The van der Waals surface area contributed by atoms with Crippen molar-refractivity contribution in [1.82, 2.24) is 18.8 Å². The summed E-state index contributed by atoms with van der Waals surface area (Å²) in [6.07, 6.45) is 6.19.